The molecule has 0 atom stereocenters. The molecule has 0 radical (unpaired) electrons. The molecule has 94 valence electrons. The lowest BCUT2D eigenvalue weighted by molar-refractivity contribution is -0.167. The second kappa shape index (κ2) is 5.50. The van der Waals surface area contributed by atoms with Crippen LogP contribution < -0.4 is 5.32 Å². The molecule has 0 saturated heterocycles. The average Bonchev–Trinajstić information content (AvgIpc) is 2.21. The summed E-state index contributed by atoms with van der Waals surface area (Å²) in [6.45, 7) is 0.0922. The normalized spacial score (nSPS) is 11.4. The standard InChI is InChI=1S/C10H9BrF3NO2/c1-17-5-6-7(11)3-2-4-8(6)15-9(16)10(12,13)14/h2-4H,5H2,1H3,(H,15,16). The number of halogens is 4. The van der Waals surface area contributed by atoms with Crippen molar-refractivity contribution in [2.75, 3.05) is 12.4 Å². The Morgan fingerprint density at radius 2 is 2.12 bits per heavy atom. The van der Waals surface area contributed by atoms with Gasteiger partial charge in [0.1, 0.15) is 0 Å². The van der Waals surface area contributed by atoms with Gasteiger partial charge in [-0.2, -0.15) is 13.2 Å². The van der Waals surface area contributed by atoms with Crippen LogP contribution in [0.4, 0.5) is 18.9 Å². The van der Waals surface area contributed by atoms with E-state index in [4.69, 9.17) is 4.74 Å². The Labute approximate surface area is 104 Å². The van der Waals surface area contributed by atoms with Crippen LogP contribution in [0.5, 0.6) is 0 Å². The molecule has 7 heteroatoms. The minimum absolute atomic E-state index is 0.0727. The molecule has 1 rings (SSSR count). The summed E-state index contributed by atoms with van der Waals surface area (Å²) in [5.74, 6) is -2.01. The number of alkyl halides is 3. The van der Waals surface area contributed by atoms with Gasteiger partial charge in [0, 0.05) is 22.8 Å². The van der Waals surface area contributed by atoms with Gasteiger partial charge in [0.2, 0.25) is 0 Å². The first-order valence-electron chi connectivity index (χ1n) is 4.50. The molecular formula is C10H9BrF3NO2. The smallest absolute Gasteiger partial charge is 0.380 e. The molecule has 0 aliphatic heterocycles. The van der Waals surface area contributed by atoms with E-state index in [0.717, 1.165) is 0 Å². The number of methoxy groups -OCH3 is 1. The Hall–Kier alpha value is -1.08. The average molecular weight is 312 g/mol. The van der Waals surface area contributed by atoms with E-state index in [1.165, 1.54) is 19.2 Å². The first-order valence-corrected chi connectivity index (χ1v) is 5.30. The zero-order chi connectivity index (χ0) is 13.1. The van der Waals surface area contributed by atoms with Crippen LogP contribution in [-0.4, -0.2) is 19.2 Å². The first kappa shape index (κ1) is 14.0. The van der Waals surface area contributed by atoms with Crippen LogP contribution in [0.1, 0.15) is 5.56 Å². The second-order valence-corrected chi connectivity index (χ2v) is 4.01. The molecule has 1 amide bonds. The highest BCUT2D eigenvalue weighted by Gasteiger charge is 2.39. The van der Waals surface area contributed by atoms with Crippen LogP contribution in [0.15, 0.2) is 22.7 Å². The Bertz CT molecular complexity index is 421. The predicted octanol–water partition coefficient (Wildman–Crippen LogP) is 3.10. The third kappa shape index (κ3) is 3.71. The Morgan fingerprint density at radius 3 is 2.65 bits per heavy atom. The van der Waals surface area contributed by atoms with E-state index in [0.29, 0.717) is 10.0 Å². The second-order valence-electron chi connectivity index (χ2n) is 3.15. The van der Waals surface area contributed by atoms with Crippen molar-refractivity contribution in [2.45, 2.75) is 12.8 Å². The maximum atomic E-state index is 12.1. The quantitative estimate of drug-likeness (QED) is 0.931. The highest BCUT2D eigenvalue weighted by molar-refractivity contribution is 9.10. The van der Waals surface area contributed by atoms with E-state index in [9.17, 15) is 18.0 Å². The van der Waals surface area contributed by atoms with Crippen molar-refractivity contribution in [3.05, 3.63) is 28.2 Å². The lowest BCUT2D eigenvalue weighted by atomic mass is 10.2. The Balaban J connectivity index is 2.98. The van der Waals surface area contributed by atoms with Crippen LogP contribution in [0.2, 0.25) is 0 Å². The highest BCUT2D eigenvalue weighted by Crippen LogP contribution is 2.27. The van der Waals surface area contributed by atoms with Crippen LogP contribution in [0.25, 0.3) is 0 Å². The zero-order valence-corrected chi connectivity index (χ0v) is 10.4. The van der Waals surface area contributed by atoms with Crippen LogP contribution in [0.3, 0.4) is 0 Å². The molecule has 0 aliphatic carbocycles. The van der Waals surface area contributed by atoms with Crippen molar-refractivity contribution in [1.82, 2.24) is 0 Å². The molecular weight excluding hydrogens is 303 g/mol. The van der Waals surface area contributed by atoms with Gasteiger partial charge < -0.3 is 10.1 Å². The topological polar surface area (TPSA) is 38.3 Å². The third-order valence-corrected chi connectivity index (χ3v) is 2.66. The van der Waals surface area contributed by atoms with Gasteiger partial charge in [0.15, 0.2) is 0 Å². The summed E-state index contributed by atoms with van der Waals surface area (Å²) in [5, 5.41) is 1.80. The van der Waals surface area contributed by atoms with Gasteiger partial charge in [-0.15, -0.1) is 0 Å². The van der Waals surface area contributed by atoms with Crippen molar-refractivity contribution in [3.8, 4) is 0 Å². The van der Waals surface area contributed by atoms with Crippen molar-refractivity contribution in [3.63, 3.8) is 0 Å². The van der Waals surface area contributed by atoms with Gasteiger partial charge in [-0.05, 0) is 12.1 Å². The summed E-state index contributed by atoms with van der Waals surface area (Å²) in [6, 6.07) is 4.55. The SMILES string of the molecule is COCc1c(Br)cccc1NC(=O)C(F)(F)F. The number of amides is 1. The molecule has 0 spiro atoms. The number of ether oxygens (including phenoxy) is 1. The van der Waals surface area contributed by atoms with Gasteiger partial charge >= 0.3 is 12.1 Å². The van der Waals surface area contributed by atoms with E-state index < -0.39 is 12.1 Å². The summed E-state index contributed by atoms with van der Waals surface area (Å²) in [6.07, 6.45) is -4.91. The molecule has 0 fully saturated rings. The number of rotatable bonds is 3. The molecule has 1 N–H and O–H groups in total. The first-order chi connectivity index (χ1) is 7.86. The van der Waals surface area contributed by atoms with Crippen molar-refractivity contribution in [2.24, 2.45) is 0 Å². The van der Waals surface area contributed by atoms with E-state index >= 15 is 0 Å². The maximum Gasteiger partial charge on any atom is 0.471 e. The molecule has 0 aromatic heterocycles. The lowest BCUT2D eigenvalue weighted by Gasteiger charge is -2.13. The fourth-order valence-corrected chi connectivity index (χ4v) is 1.64. The van der Waals surface area contributed by atoms with Crippen LogP contribution in [-0.2, 0) is 16.1 Å². The predicted molar refractivity (Wildman–Crippen MR) is 59.5 cm³/mol. The van der Waals surface area contributed by atoms with E-state index in [1.54, 1.807) is 11.4 Å². The molecule has 0 aliphatic rings. The molecule has 17 heavy (non-hydrogen) atoms. The van der Waals surface area contributed by atoms with Crippen LogP contribution in [0, 0.1) is 0 Å². The van der Waals surface area contributed by atoms with E-state index in [2.05, 4.69) is 15.9 Å². The summed E-state index contributed by atoms with van der Waals surface area (Å²) in [4.78, 5) is 10.8. The third-order valence-electron chi connectivity index (χ3n) is 1.91. The fourth-order valence-electron chi connectivity index (χ4n) is 1.16. The minimum atomic E-state index is -4.91. The Kier molecular flexibility index (Phi) is 4.53. The summed E-state index contributed by atoms with van der Waals surface area (Å²) >= 11 is 3.18. The maximum absolute atomic E-state index is 12.1. The van der Waals surface area contributed by atoms with Gasteiger partial charge in [-0.1, -0.05) is 22.0 Å². The van der Waals surface area contributed by atoms with E-state index in [-0.39, 0.29) is 12.3 Å². The molecule has 0 bridgehead atoms. The highest BCUT2D eigenvalue weighted by atomic mass is 79.9. The van der Waals surface area contributed by atoms with Crippen LogP contribution >= 0.6 is 15.9 Å². The summed E-state index contributed by atoms with van der Waals surface area (Å²) < 4.78 is 41.7. The van der Waals surface area contributed by atoms with E-state index in [1.807, 2.05) is 0 Å². The van der Waals surface area contributed by atoms with Crippen molar-refractivity contribution < 1.29 is 22.7 Å². The van der Waals surface area contributed by atoms with Gasteiger partial charge in [-0.25, -0.2) is 0 Å². The molecule has 1 aromatic rings. The van der Waals surface area contributed by atoms with Crippen molar-refractivity contribution >= 4 is 27.5 Å². The number of hydrogen-bond donors (Lipinski definition) is 1. The minimum Gasteiger partial charge on any atom is -0.380 e. The Morgan fingerprint density at radius 1 is 1.47 bits per heavy atom. The number of hydrogen-bond acceptors (Lipinski definition) is 2. The number of nitrogens with one attached hydrogen (secondary N) is 1. The summed E-state index contributed by atoms with van der Waals surface area (Å²) in [5.41, 5.74) is 0.524. The fraction of sp³-hybridized carbons (Fsp3) is 0.300. The number of anilines is 1. The van der Waals surface area contributed by atoms with Crippen molar-refractivity contribution in [1.29, 1.82) is 0 Å². The molecule has 0 saturated carbocycles. The van der Waals surface area contributed by atoms with Gasteiger partial charge in [-0.3, -0.25) is 4.79 Å². The number of carbonyl (C=O) groups excluding carboxylic acids is 1. The van der Waals surface area contributed by atoms with Gasteiger partial charge in [0.05, 0.1) is 6.61 Å². The molecule has 1 aromatic carbocycles. The monoisotopic (exact) mass is 311 g/mol. The lowest BCUT2D eigenvalue weighted by Crippen LogP contribution is -2.30. The molecule has 0 heterocycles. The number of benzene rings is 1. The van der Waals surface area contributed by atoms with Gasteiger partial charge in [0.25, 0.3) is 0 Å². The molecule has 3 nitrogen and oxygen atoms in total. The largest absolute Gasteiger partial charge is 0.471 e. The molecule has 0 unspecified atom stereocenters. The zero-order valence-electron chi connectivity index (χ0n) is 8.77. The number of carbonyl (C=O) groups is 1. The summed E-state index contributed by atoms with van der Waals surface area (Å²) in [7, 11) is 1.41.